The summed E-state index contributed by atoms with van der Waals surface area (Å²) in [6, 6.07) is 12.5. The van der Waals surface area contributed by atoms with Gasteiger partial charge in [0.1, 0.15) is 5.75 Å². The highest BCUT2D eigenvalue weighted by Crippen LogP contribution is 2.37. The van der Waals surface area contributed by atoms with Gasteiger partial charge in [0.2, 0.25) is 5.91 Å². The Kier molecular flexibility index (Phi) is 6.18. The zero-order valence-corrected chi connectivity index (χ0v) is 20.2. The molecule has 1 fully saturated rings. The Balaban J connectivity index is 1.63. The Morgan fingerprint density at radius 3 is 2.38 bits per heavy atom. The van der Waals surface area contributed by atoms with E-state index < -0.39 is 36.1 Å². The number of carbonyl (C=O) groups excluding carboxylic acids is 2. The number of aromatic nitrogens is 1. The van der Waals surface area contributed by atoms with E-state index >= 15 is 0 Å². The standard InChI is InChI=1S/C25H29BN2O6/c1-24(2)25(3,4)34-26(33-24)15-10-11-19(20(14-15)31-5)28-22(29)21(23(30)32-6)17-8-7-9-18-16(17)12-13-27-18/h7-14,21,27H,1-6H3,(H,28,29). The third-order valence-corrected chi connectivity index (χ3v) is 6.65. The van der Waals surface area contributed by atoms with Crippen molar-refractivity contribution < 1.29 is 28.4 Å². The number of rotatable bonds is 6. The second-order valence-corrected chi connectivity index (χ2v) is 9.28. The Bertz CT molecular complexity index is 1220. The van der Waals surface area contributed by atoms with Crippen molar-refractivity contribution >= 4 is 41.0 Å². The molecule has 2 heterocycles. The smallest absolute Gasteiger partial charge is 0.494 e. The molecule has 1 aliphatic rings. The van der Waals surface area contributed by atoms with Gasteiger partial charge in [-0.05, 0) is 63.0 Å². The van der Waals surface area contributed by atoms with E-state index in [0.29, 0.717) is 17.0 Å². The largest absolute Gasteiger partial charge is 0.495 e. The molecule has 8 nitrogen and oxygen atoms in total. The van der Waals surface area contributed by atoms with E-state index in [1.54, 1.807) is 36.5 Å². The van der Waals surface area contributed by atoms with Gasteiger partial charge in [0.25, 0.3) is 0 Å². The van der Waals surface area contributed by atoms with Crippen LogP contribution < -0.4 is 15.5 Å². The van der Waals surface area contributed by atoms with Crippen LogP contribution in [0.15, 0.2) is 48.7 Å². The number of esters is 1. The van der Waals surface area contributed by atoms with Crippen LogP contribution in [0, 0.1) is 0 Å². The number of hydrogen-bond acceptors (Lipinski definition) is 6. The molecule has 4 rings (SSSR count). The van der Waals surface area contributed by atoms with Gasteiger partial charge in [0, 0.05) is 17.1 Å². The van der Waals surface area contributed by atoms with Gasteiger partial charge in [-0.1, -0.05) is 18.2 Å². The quantitative estimate of drug-likeness (QED) is 0.330. The van der Waals surface area contributed by atoms with Gasteiger partial charge < -0.3 is 29.1 Å². The molecule has 1 amide bonds. The van der Waals surface area contributed by atoms with E-state index in [-0.39, 0.29) is 0 Å². The average molecular weight is 464 g/mol. The Morgan fingerprint density at radius 2 is 1.74 bits per heavy atom. The van der Waals surface area contributed by atoms with Gasteiger partial charge in [-0.2, -0.15) is 0 Å². The van der Waals surface area contributed by atoms with Crippen LogP contribution in [0.2, 0.25) is 0 Å². The molecule has 0 saturated carbocycles. The summed E-state index contributed by atoms with van der Waals surface area (Å²) in [6.07, 6.45) is 1.76. The van der Waals surface area contributed by atoms with Crippen molar-refractivity contribution in [1.29, 1.82) is 0 Å². The molecule has 2 aromatic carbocycles. The molecule has 0 bridgehead atoms. The number of nitrogens with one attached hydrogen (secondary N) is 2. The first kappa shape index (κ1) is 23.8. The lowest BCUT2D eigenvalue weighted by Crippen LogP contribution is -2.41. The minimum absolute atomic E-state index is 0.419. The van der Waals surface area contributed by atoms with E-state index in [1.165, 1.54) is 14.2 Å². The average Bonchev–Trinajstić information content (AvgIpc) is 3.36. The van der Waals surface area contributed by atoms with Gasteiger partial charge in [0.05, 0.1) is 31.1 Å². The highest BCUT2D eigenvalue weighted by molar-refractivity contribution is 6.62. The van der Waals surface area contributed by atoms with Crippen LogP contribution in [0.5, 0.6) is 5.75 Å². The second-order valence-electron chi connectivity index (χ2n) is 9.28. The number of benzene rings is 2. The summed E-state index contributed by atoms with van der Waals surface area (Å²) in [7, 11) is 2.20. The summed E-state index contributed by atoms with van der Waals surface area (Å²) in [5.74, 6) is -1.91. The van der Waals surface area contributed by atoms with Gasteiger partial charge in [-0.3, -0.25) is 9.59 Å². The van der Waals surface area contributed by atoms with E-state index in [2.05, 4.69) is 10.3 Å². The van der Waals surface area contributed by atoms with Crippen LogP contribution >= 0.6 is 0 Å². The minimum Gasteiger partial charge on any atom is -0.495 e. The van der Waals surface area contributed by atoms with Crippen molar-refractivity contribution in [2.24, 2.45) is 0 Å². The van der Waals surface area contributed by atoms with Crippen LogP contribution in [0.3, 0.4) is 0 Å². The molecule has 1 aliphatic heterocycles. The van der Waals surface area contributed by atoms with Crippen LogP contribution in [-0.4, -0.2) is 49.4 Å². The molecule has 0 spiro atoms. The molecule has 1 unspecified atom stereocenters. The fourth-order valence-corrected chi connectivity index (χ4v) is 4.00. The predicted octanol–water partition coefficient (Wildman–Crippen LogP) is 3.37. The number of H-pyrrole nitrogens is 1. The van der Waals surface area contributed by atoms with Crippen molar-refractivity contribution in [3.63, 3.8) is 0 Å². The van der Waals surface area contributed by atoms with Crippen molar-refractivity contribution in [3.05, 3.63) is 54.2 Å². The third-order valence-electron chi connectivity index (χ3n) is 6.65. The Hall–Kier alpha value is -3.30. The van der Waals surface area contributed by atoms with Crippen LogP contribution in [-0.2, 0) is 23.6 Å². The molecule has 1 saturated heterocycles. The topological polar surface area (TPSA) is 98.9 Å². The van der Waals surface area contributed by atoms with Crippen LogP contribution in [0.1, 0.15) is 39.2 Å². The molecule has 178 valence electrons. The number of ether oxygens (including phenoxy) is 2. The lowest BCUT2D eigenvalue weighted by Gasteiger charge is -2.32. The lowest BCUT2D eigenvalue weighted by atomic mass is 9.79. The highest BCUT2D eigenvalue weighted by atomic mass is 16.7. The number of hydrogen-bond donors (Lipinski definition) is 2. The molecule has 0 aliphatic carbocycles. The minimum atomic E-state index is -1.16. The Morgan fingerprint density at radius 1 is 1.03 bits per heavy atom. The second kappa shape index (κ2) is 8.81. The number of anilines is 1. The van der Waals surface area contributed by atoms with Crippen molar-refractivity contribution in [3.8, 4) is 5.75 Å². The van der Waals surface area contributed by atoms with Crippen LogP contribution in [0.4, 0.5) is 5.69 Å². The van der Waals surface area contributed by atoms with E-state index in [1.807, 2.05) is 39.8 Å². The maximum atomic E-state index is 13.3. The first-order chi connectivity index (χ1) is 16.1. The maximum absolute atomic E-state index is 13.3. The molecular weight excluding hydrogens is 435 g/mol. The van der Waals surface area contributed by atoms with Crippen molar-refractivity contribution in [2.45, 2.75) is 44.8 Å². The van der Waals surface area contributed by atoms with Gasteiger partial charge >= 0.3 is 13.1 Å². The number of methoxy groups -OCH3 is 2. The number of aromatic amines is 1. The molecule has 1 atom stereocenters. The summed E-state index contributed by atoms with van der Waals surface area (Å²) in [6.45, 7) is 7.93. The first-order valence-corrected chi connectivity index (χ1v) is 11.1. The molecule has 3 aromatic rings. The van der Waals surface area contributed by atoms with Gasteiger partial charge in [0.15, 0.2) is 5.92 Å². The summed E-state index contributed by atoms with van der Waals surface area (Å²) in [5.41, 5.74) is 1.59. The molecular formula is C25H29BN2O6. The number of fused-ring (bicyclic) bond motifs is 1. The number of carbonyl (C=O) groups is 2. The van der Waals surface area contributed by atoms with Crippen LogP contribution in [0.25, 0.3) is 10.9 Å². The first-order valence-electron chi connectivity index (χ1n) is 11.1. The summed E-state index contributed by atoms with van der Waals surface area (Å²) < 4.78 is 22.7. The van der Waals surface area contributed by atoms with E-state index in [0.717, 1.165) is 16.4 Å². The molecule has 2 N–H and O–H groups in total. The summed E-state index contributed by atoms with van der Waals surface area (Å²) in [5, 5.41) is 3.60. The molecule has 34 heavy (non-hydrogen) atoms. The molecule has 1 aromatic heterocycles. The Labute approximate surface area is 199 Å². The summed E-state index contributed by atoms with van der Waals surface area (Å²) in [4.78, 5) is 29.1. The molecule has 9 heteroatoms. The van der Waals surface area contributed by atoms with Crippen molar-refractivity contribution in [1.82, 2.24) is 4.98 Å². The monoisotopic (exact) mass is 464 g/mol. The maximum Gasteiger partial charge on any atom is 0.494 e. The van der Waals surface area contributed by atoms with Gasteiger partial charge in [-0.15, -0.1) is 0 Å². The van der Waals surface area contributed by atoms with E-state index in [9.17, 15) is 9.59 Å². The lowest BCUT2D eigenvalue weighted by molar-refractivity contribution is -0.145. The zero-order chi connectivity index (χ0) is 24.7. The number of amides is 1. The zero-order valence-electron chi connectivity index (χ0n) is 20.2. The third kappa shape index (κ3) is 4.17. The molecule has 0 radical (unpaired) electrons. The van der Waals surface area contributed by atoms with Gasteiger partial charge in [-0.25, -0.2) is 0 Å². The SMILES string of the molecule is COC(=O)C(C(=O)Nc1ccc(B2OC(C)(C)C(C)(C)O2)cc1OC)c1cccc2[nH]ccc12. The fraction of sp³-hybridized carbons (Fsp3) is 0.360. The normalized spacial score (nSPS) is 17.4. The summed E-state index contributed by atoms with van der Waals surface area (Å²) >= 11 is 0. The van der Waals surface area contributed by atoms with Crippen molar-refractivity contribution in [2.75, 3.05) is 19.5 Å². The highest BCUT2D eigenvalue weighted by Gasteiger charge is 2.51. The predicted molar refractivity (Wildman–Crippen MR) is 130 cm³/mol. The fourth-order valence-electron chi connectivity index (χ4n) is 4.00. The van der Waals surface area contributed by atoms with E-state index in [4.69, 9.17) is 18.8 Å².